The molecule has 1 N–H and O–H groups in total. The van der Waals surface area contributed by atoms with Crippen molar-refractivity contribution in [2.75, 3.05) is 16.8 Å². The lowest BCUT2D eigenvalue weighted by atomic mass is 10.1. The molecule has 8 rings (SSSR count). The van der Waals surface area contributed by atoms with Gasteiger partial charge in [0.05, 0.1) is 17.1 Å². The molecule has 5 nitrogen and oxygen atoms in total. The molecule has 1 aliphatic rings. The van der Waals surface area contributed by atoms with Gasteiger partial charge < -0.3 is 19.1 Å². The van der Waals surface area contributed by atoms with Crippen molar-refractivity contribution >= 4 is 72.6 Å². The predicted octanol–water partition coefficient (Wildman–Crippen LogP) is 8.79. The first-order valence-electron chi connectivity index (χ1n) is 12.4. The first-order valence-corrected chi connectivity index (χ1v) is 12.4. The Hall–Kier alpha value is -5.03. The summed E-state index contributed by atoms with van der Waals surface area (Å²) in [5.41, 5.74) is 7.16. The van der Waals surface area contributed by atoms with Crippen LogP contribution in [0.25, 0.3) is 49.9 Å². The lowest BCUT2D eigenvalue weighted by molar-refractivity contribution is 0.604. The van der Waals surface area contributed by atoms with Crippen LogP contribution in [0.4, 0.5) is 22.7 Å². The summed E-state index contributed by atoms with van der Waals surface area (Å²) in [7, 11) is 0. The Labute approximate surface area is 212 Å². The number of aromatic nitrogens is 1. The minimum absolute atomic E-state index is 0.768. The Kier molecular flexibility index (Phi) is 4.22. The third-order valence-corrected chi connectivity index (χ3v) is 7.09. The van der Waals surface area contributed by atoms with E-state index in [1.165, 1.54) is 10.8 Å². The Morgan fingerprint density at radius 2 is 1.54 bits per heavy atom. The SMILES string of the molecule is C1=Cc2oc3c(N(c4ccc5ccccc5c4)c4cccc5c4oc4cccnc45)cccc3c2NC1. The fourth-order valence-electron chi connectivity index (χ4n) is 5.43. The van der Waals surface area contributed by atoms with E-state index >= 15 is 0 Å². The van der Waals surface area contributed by atoms with E-state index in [9.17, 15) is 0 Å². The zero-order valence-corrected chi connectivity index (χ0v) is 19.8. The molecule has 1 aliphatic heterocycles. The number of hydrogen-bond acceptors (Lipinski definition) is 5. The van der Waals surface area contributed by atoms with Gasteiger partial charge in [0.25, 0.3) is 0 Å². The maximum atomic E-state index is 6.47. The van der Waals surface area contributed by atoms with Gasteiger partial charge in [-0.15, -0.1) is 0 Å². The van der Waals surface area contributed by atoms with Gasteiger partial charge in [0.2, 0.25) is 0 Å². The smallest absolute Gasteiger partial charge is 0.161 e. The van der Waals surface area contributed by atoms with Crippen LogP contribution in [0.5, 0.6) is 0 Å². The molecule has 7 aromatic rings. The average molecular weight is 480 g/mol. The summed E-state index contributed by atoms with van der Waals surface area (Å²) in [6.07, 6.45) is 5.93. The molecule has 0 radical (unpaired) electrons. The standard InChI is InChI=1S/C32H21N3O2/c1-2-8-21-19-22(16-15-20(21)7-1)35(25-11-3-9-23-29-27(36-31(23)25)13-5-17-33-29)26-12-4-10-24-30-28(37-32(24)26)14-6-18-34-30/h1-17,19,34H,18H2. The molecule has 176 valence electrons. The molecular formula is C32H21N3O2. The maximum absolute atomic E-state index is 6.47. The summed E-state index contributed by atoms with van der Waals surface area (Å²) in [5.74, 6) is 0.846. The molecular weight excluding hydrogens is 458 g/mol. The third kappa shape index (κ3) is 3.01. The van der Waals surface area contributed by atoms with E-state index in [4.69, 9.17) is 8.83 Å². The number of hydrogen-bond donors (Lipinski definition) is 1. The van der Waals surface area contributed by atoms with Gasteiger partial charge in [-0.05, 0) is 65.4 Å². The molecule has 0 aliphatic carbocycles. The molecule has 0 bridgehead atoms. The van der Waals surface area contributed by atoms with E-state index in [2.05, 4.69) is 100 Å². The van der Waals surface area contributed by atoms with Crippen LogP contribution in [0.2, 0.25) is 0 Å². The van der Waals surface area contributed by atoms with Crippen molar-refractivity contribution in [2.45, 2.75) is 0 Å². The minimum Gasteiger partial charge on any atom is -0.452 e. The van der Waals surface area contributed by atoms with Crippen molar-refractivity contribution in [1.29, 1.82) is 0 Å². The van der Waals surface area contributed by atoms with Gasteiger partial charge in [-0.2, -0.15) is 0 Å². The summed E-state index contributed by atoms with van der Waals surface area (Å²) in [6, 6.07) is 31.3. The van der Waals surface area contributed by atoms with Crippen molar-refractivity contribution in [2.24, 2.45) is 0 Å². The number of nitrogens with one attached hydrogen (secondary N) is 1. The molecule has 4 heterocycles. The first-order chi connectivity index (χ1) is 18.3. The summed E-state index contributed by atoms with van der Waals surface area (Å²) in [4.78, 5) is 6.84. The second-order valence-corrected chi connectivity index (χ2v) is 9.25. The molecule has 4 aromatic carbocycles. The number of rotatable bonds is 3. The zero-order chi connectivity index (χ0) is 24.3. The van der Waals surface area contributed by atoms with Crippen molar-refractivity contribution in [3.05, 3.63) is 109 Å². The number of furan rings is 2. The molecule has 0 amide bonds. The van der Waals surface area contributed by atoms with Crippen LogP contribution in [-0.4, -0.2) is 11.5 Å². The second-order valence-electron chi connectivity index (χ2n) is 9.25. The van der Waals surface area contributed by atoms with Crippen molar-refractivity contribution in [3.63, 3.8) is 0 Å². The van der Waals surface area contributed by atoms with Gasteiger partial charge in [0, 0.05) is 29.2 Å². The van der Waals surface area contributed by atoms with Crippen LogP contribution < -0.4 is 10.2 Å². The summed E-state index contributed by atoms with van der Waals surface area (Å²) in [6.45, 7) is 0.783. The molecule has 5 heteroatoms. The van der Waals surface area contributed by atoms with E-state index in [1.54, 1.807) is 6.20 Å². The monoisotopic (exact) mass is 479 g/mol. The summed E-state index contributed by atoms with van der Waals surface area (Å²) >= 11 is 0. The third-order valence-electron chi connectivity index (χ3n) is 7.09. The molecule has 0 spiro atoms. The Bertz CT molecular complexity index is 2010. The van der Waals surface area contributed by atoms with Gasteiger partial charge in [-0.25, -0.2) is 0 Å². The van der Waals surface area contributed by atoms with Gasteiger partial charge in [0.15, 0.2) is 22.5 Å². The Morgan fingerprint density at radius 1 is 0.730 bits per heavy atom. The van der Waals surface area contributed by atoms with E-state index in [-0.39, 0.29) is 0 Å². The minimum atomic E-state index is 0.768. The normalized spacial score (nSPS) is 12.9. The molecule has 0 saturated heterocycles. The Morgan fingerprint density at radius 3 is 2.43 bits per heavy atom. The number of pyridine rings is 1. The number of nitrogens with zero attached hydrogens (tertiary/aromatic N) is 2. The topological polar surface area (TPSA) is 54.4 Å². The van der Waals surface area contributed by atoms with Crippen molar-refractivity contribution in [1.82, 2.24) is 4.98 Å². The molecule has 37 heavy (non-hydrogen) atoms. The van der Waals surface area contributed by atoms with Crippen LogP contribution >= 0.6 is 0 Å². The number of benzene rings is 4. The average Bonchev–Trinajstić information content (AvgIpc) is 3.53. The number of anilines is 4. The first kappa shape index (κ1) is 20.2. The largest absolute Gasteiger partial charge is 0.452 e. The zero-order valence-electron chi connectivity index (χ0n) is 19.8. The highest BCUT2D eigenvalue weighted by molar-refractivity contribution is 6.11. The van der Waals surface area contributed by atoms with E-state index < -0.39 is 0 Å². The van der Waals surface area contributed by atoms with Gasteiger partial charge in [-0.1, -0.05) is 48.5 Å². The second kappa shape index (κ2) is 7.73. The van der Waals surface area contributed by atoms with Crippen LogP contribution in [-0.2, 0) is 0 Å². The van der Waals surface area contributed by atoms with Crippen LogP contribution in [0, 0.1) is 0 Å². The van der Waals surface area contributed by atoms with E-state index in [0.717, 1.165) is 68.1 Å². The number of para-hydroxylation sites is 2. The molecule has 0 atom stereocenters. The van der Waals surface area contributed by atoms with E-state index in [0.29, 0.717) is 0 Å². The van der Waals surface area contributed by atoms with Crippen molar-refractivity contribution < 1.29 is 8.83 Å². The molecule has 0 unspecified atom stereocenters. The quantitative estimate of drug-likeness (QED) is 0.274. The number of fused-ring (bicyclic) bond motifs is 7. The fraction of sp³-hybridized carbons (Fsp3) is 0.0312. The molecule has 0 fully saturated rings. The van der Waals surface area contributed by atoms with Gasteiger partial charge in [0.1, 0.15) is 5.52 Å². The fourth-order valence-corrected chi connectivity index (χ4v) is 5.43. The lowest BCUT2D eigenvalue weighted by Gasteiger charge is -2.26. The summed E-state index contributed by atoms with van der Waals surface area (Å²) in [5, 5.41) is 7.87. The van der Waals surface area contributed by atoms with Crippen molar-refractivity contribution in [3.8, 4) is 0 Å². The highest BCUT2D eigenvalue weighted by atomic mass is 16.3. The molecule has 3 aromatic heterocycles. The lowest BCUT2D eigenvalue weighted by Crippen LogP contribution is -2.10. The highest BCUT2D eigenvalue weighted by Crippen LogP contribution is 2.46. The van der Waals surface area contributed by atoms with E-state index in [1.807, 2.05) is 18.2 Å². The van der Waals surface area contributed by atoms with Crippen LogP contribution in [0.3, 0.4) is 0 Å². The van der Waals surface area contributed by atoms with Gasteiger partial charge in [-0.3, -0.25) is 4.98 Å². The van der Waals surface area contributed by atoms with Crippen LogP contribution in [0.15, 0.2) is 112 Å². The summed E-state index contributed by atoms with van der Waals surface area (Å²) < 4.78 is 12.9. The Balaban J connectivity index is 1.46. The highest BCUT2D eigenvalue weighted by Gasteiger charge is 2.24. The molecule has 0 saturated carbocycles. The predicted molar refractivity (Wildman–Crippen MR) is 151 cm³/mol. The maximum Gasteiger partial charge on any atom is 0.161 e. The van der Waals surface area contributed by atoms with Gasteiger partial charge >= 0.3 is 0 Å². The van der Waals surface area contributed by atoms with Crippen LogP contribution in [0.1, 0.15) is 5.76 Å².